The van der Waals surface area contributed by atoms with Gasteiger partial charge in [-0.25, -0.2) is 0 Å². The van der Waals surface area contributed by atoms with Gasteiger partial charge in [-0.1, -0.05) is 0 Å². The predicted molar refractivity (Wildman–Crippen MR) is 48.5 cm³/mol. The van der Waals surface area contributed by atoms with Crippen molar-refractivity contribution in [1.82, 2.24) is 0 Å². The second-order valence-corrected chi connectivity index (χ2v) is 6.19. The van der Waals surface area contributed by atoms with Crippen molar-refractivity contribution >= 4 is 29.5 Å². The maximum absolute atomic E-state index is 9.28. The number of fused-ring (bicyclic) bond motifs is 1. The molecule has 0 aliphatic heterocycles. The Hall–Kier alpha value is -0.520. The first-order valence-corrected chi connectivity index (χ1v) is 5.98. The van der Waals surface area contributed by atoms with E-state index in [1.54, 1.807) is 6.07 Å². The Morgan fingerprint density at radius 2 is 2.17 bits per heavy atom. The number of hydrogen-bond donors (Lipinski definition) is 1. The van der Waals surface area contributed by atoms with Gasteiger partial charge < -0.3 is 0 Å². The van der Waals surface area contributed by atoms with E-state index in [4.69, 9.17) is 0 Å². The quantitative estimate of drug-likeness (QED) is 0.705. The van der Waals surface area contributed by atoms with Gasteiger partial charge in [0.1, 0.15) is 0 Å². The third-order valence-electron chi connectivity index (χ3n) is 2.06. The summed E-state index contributed by atoms with van der Waals surface area (Å²) in [7, 11) is 2.12. The number of aromatic hydroxyl groups is 1. The monoisotopic (exact) mass is 278 g/mol. The van der Waals surface area contributed by atoms with Gasteiger partial charge in [-0.15, -0.1) is 0 Å². The van der Waals surface area contributed by atoms with Crippen molar-refractivity contribution in [1.29, 1.82) is 0 Å². The molecule has 12 heavy (non-hydrogen) atoms. The van der Waals surface area contributed by atoms with Gasteiger partial charge in [0.2, 0.25) is 0 Å². The summed E-state index contributed by atoms with van der Waals surface area (Å²) in [5.41, 5.74) is 1.29. The molecule has 0 spiro atoms. The van der Waals surface area contributed by atoms with E-state index in [0.29, 0.717) is 5.75 Å². The molecule has 0 aliphatic rings. The molecule has 0 fully saturated rings. The minimum absolute atomic E-state index is 0.184. The molecule has 1 N–H and O–H groups in total. The molecule has 0 amide bonds. The SMILES string of the molecule is Cc1c2cc(O)ccc2[te][n+]1C. The van der Waals surface area contributed by atoms with Crippen molar-refractivity contribution in [3.05, 3.63) is 23.9 Å². The molecule has 0 bridgehead atoms. The Balaban J connectivity index is 2.88. The summed E-state index contributed by atoms with van der Waals surface area (Å²) < 4.78 is 3.74. The Bertz CT molecular complexity index is 433. The third kappa shape index (κ3) is 1.14. The molecule has 1 heterocycles. The van der Waals surface area contributed by atoms with Crippen LogP contribution in [-0.4, -0.2) is 25.8 Å². The second-order valence-electron chi connectivity index (χ2n) is 2.85. The molecule has 62 valence electrons. The van der Waals surface area contributed by atoms with Gasteiger partial charge in [0.15, 0.2) is 0 Å². The first kappa shape index (κ1) is 8.09. The van der Waals surface area contributed by atoms with E-state index < -0.39 is 0 Å². The fourth-order valence-electron chi connectivity index (χ4n) is 1.27. The van der Waals surface area contributed by atoms with Crippen LogP contribution >= 0.6 is 0 Å². The van der Waals surface area contributed by atoms with Crippen molar-refractivity contribution < 1.29 is 7.90 Å². The summed E-state index contributed by atoms with van der Waals surface area (Å²) in [6.07, 6.45) is 0. The Morgan fingerprint density at radius 1 is 1.42 bits per heavy atom. The third-order valence-corrected chi connectivity index (χ3v) is 5.20. The van der Waals surface area contributed by atoms with Crippen LogP contribution in [0.15, 0.2) is 18.2 Å². The number of nitrogens with zero attached hydrogens (tertiary/aromatic N) is 1. The van der Waals surface area contributed by atoms with E-state index in [1.165, 1.54) is 14.5 Å². The molecule has 0 aliphatic carbocycles. The van der Waals surface area contributed by atoms with Gasteiger partial charge in [0, 0.05) is 0 Å². The average Bonchev–Trinajstić information content (AvgIpc) is 2.31. The topological polar surface area (TPSA) is 24.1 Å². The molecule has 2 rings (SSSR count). The van der Waals surface area contributed by atoms with Gasteiger partial charge >= 0.3 is 81.0 Å². The summed E-state index contributed by atoms with van der Waals surface area (Å²) in [5, 5.41) is 10.5. The van der Waals surface area contributed by atoms with Crippen LogP contribution in [0.25, 0.3) is 8.79 Å². The molecule has 2 aromatic rings. The van der Waals surface area contributed by atoms with Crippen LogP contribution in [0.1, 0.15) is 5.69 Å². The normalized spacial score (nSPS) is 10.8. The van der Waals surface area contributed by atoms with Gasteiger partial charge in [-0.3, -0.25) is 0 Å². The van der Waals surface area contributed by atoms with Crippen molar-refractivity contribution in [3.8, 4) is 5.75 Å². The number of phenolic OH excluding ortho intramolecular Hbond substituents is 1. The molecule has 2 nitrogen and oxygen atoms in total. The van der Waals surface area contributed by atoms with E-state index in [9.17, 15) is 5.11 Å². The Kier molecular flexibility index (Phi) is 1.86. The van der Waals surface area contributed by atoms with Crippen molar-refractivity contribution in [2.45, 2.75) is 6.92 Å². The van der Waals surface area contributed by atoms with Crippen LogP contribution in [0.4, 0.5) is 0 Å². The summed E-state index contributed by atoms with van der Waals surface area (Å²) in [6.45, 7) is 2.11. The van der Waals surface area contributed by atoms with E-state index >= 15 is 0 Å². The second kappa shape index (κ2) is 2.76. The molecule has 3 heteroatoms. The van der Waals surface area contributed by atoms with Crippen molar-refractivity contribution in [3.63, 3.8) is 0 Å². The number of benzene rings is 1. The zero-order chi connectivity index (χ0) is 8.72. The number of phenols is 1. The standard InChI is InChI=1S/C9H9NOTe/c1-6-8-5-7(11)3-4-9(8)12-10(6)2/h3-5H,1-2H3/p+1. The Labute approximate surface area is 81.1 Å². The molecule has 0 unspecified atom stereocenters. The molecule has 0 saturated carbocycles. The Morgan fingerprint density at radius 3 is 2.92 bits per heavy atom. The van der Waals surface area contributed by atoms with Gasteiger partial charge in [-0.2, -0.15) is 0 Å². The van der Waals surface area contributed by atoms with E-state index in [-0.39, 0.29) is 20.7 Å². The van der Waals surface area contributed by atoms with Crippen LogP contribution in [0.2, 0.25) is 0 Å². The zero-order valence-corrected chi connectivity index (χ0v) is 9.37. The van der Waals surface area contributed by atoms with Crippen molar-refractivity contribution in [2.24, 2.45) is 7.05 Å². The molecule has 0 atom stereocenters. The van der Waals surface area contributed by atoms with E-state index in [0.717, 1.165) is 0 Å². The molecular formula is C9H10NOTe+. The molecule has 0 radical (unpaired) electrons. The van der Waals surface area contributed by atoms with Gasteiger partial charge in [0.05, 0.1) is 0 Å². The zero-order valence-electron chi connectivity index (χ0n) is 7.03. The number of aryl methyl sites for hydroxylation is 2. The van der Waals surface area contributed by atoms with Crippen LogP contribution in [0.3, 0.4) is 0 Å². The average molecular weight is 276 g/mol. The fourth-order valence-corrected chi connectivity index (χ4v) is 4.02. The number of hydrogen-bond acceptors (Lipinski definition) is 1. The molecular weight excluding hydrogens is 266 g/mol. The van der Waals surface area contributed by atoms with Crippen LogP contribution in [0, 0.1) is 6.92 Å². The van der Waals surface area contributed by atoms with Crippen LogP contribution in [0.5, 0.6) is 5.75 Å². The van der Waals surface area contributed by atoms with Crippen LogP contribution in [-0.2, 0) is 7.05 Å². The summed E-state index contributed by atoms with van der Waals surface area (Å²) in [6, 6.07) is 5.68. The van der Waals surface area contributed by atoms with E-state index in [2.05, 4.69) is 16.8 Å². The first-order chi connectivity index (χ1) is 5.68. The van der Waals surface area contributed by atoms with Gasteiger partial charge in [0.25, 0.3) is 0 Å². The number of aromatic nitrogens is 1. The summed E-state index contributed by atoms with van der Waals surface area (Å²) in [4.78, 5) is 0. The maximum atomic E-state index is 9.28. The summed E-state index contributed by atoms with van der Waals surface area (Å²) in [5.74, 6) is 0.371. The van der Waals surface area contributed by atoms with Crippen molar-refractivity contribution in [2.75, 3.05) is 0 Å². The summed E-state index contributed by atoms with van der Waals surface area (Å²) >= 11 is -0.184. The van der Waals surface area contributed by atoms with E-state index in [1.807, 2.05) is 12.1 Å². The predicted octanol–water partition coefficient (Wildman–Crippen LogP) is 0.735. The van der Waals surface area contributed by atoms with Gasteiger partial charge in [-0.05, 0) is 0 Å². The molecule has 1 aromatic heterocycles. The fraction of sp³-hybridized carbons (Fsp3) is 0.222. The molecule has 1 aromatic carbocycles. The first-order valence-electron chi connectivity index (χ1n) is 3.77. The molecule has 0 saturated heterocycles. The number of rotatable bonds is 0. The van der Waals surface area contributed by atoms with Crippen LogP contribution < -0.4 is 2.79 Å². The minimum atomic E-state index is -0.184.